The molecule has 8 aliphatic heterocycles. The molecule has 6 unspecified atom stereocenters. The van der Waals surface area contributed by atoms with Crippen LogP contribution in [0.25, 0.3) is 12.2 Å². The van der Waals surface area contributed by atoms with Crippen LogP contribution in [0.2, 0.25) is 0 Å². The quantitative estimate of drug-likeness (QED) is 0.0207. The van der Waals surface area contributed by atoms with Gasteiger partial charge in [0, 0.05) is 127 Å². The van der Waals surface area contributed by atoms with Gasteiger partial charge in [0.05, 0.1) is 106 Å². The van der Waals surface area contributed by atoms with Crippen LogP contribution in [0.4, 0.5) is 0 Å². The summed E-state index contributed by atoms with van der Waals surface area (Å²) < 4.78 is 66.6. The molecule has 8 aromatic rings. The first-order chi connectivity index (χ1) is 61.6. The number of carbonyl (C=O) groups is 6. The van der Waals surface area contributed by atoms with Gasteiger partial charge < -0.3 is 57.7 Å². The lowest BCUT2D eigenvalue weighted by Gasteiger charge is -2.36. The Balaban J connectivity index is 0.000000170. The Bertz CT molecular complexity index is 5410. The van der Waals surface area contributed by atoms with Crippen LogP contribution in [0.15, 0.2) is 196 Å². The highest BCUT2D eigenvalue weighted by Crippen LogP contribution is 2.36. The highest BCUT2D eigenvalue weighted by atomic mass is 79.9. The second-order valence-corrected chi connectivity index (χ2v) is 30.1. The molecule has 8 aliphatic rings. The lowest BCUT2D eigenvalue weighted by molar-refractivity contribution is -0.157. The number of nitrogens with one attached hydrogen (secondary N) is 3. The summed E-state index contributed by atoms with van der Waals surface area (Å²) in [5.41, 5.74) is 9.18. The number of halogens is 1. The zero-order valence-electron chi connectivity index (χ0n) is 70.4. The largest absolute Gasteiger partial charge is 0.490 e. The van der Waals surface area contributed by atoms with Crippen LogP contribution in [0.1, 0.15) is 79.9 Å². The number of alkyl halides is 1. The number of allylic oxidation sites excluding steroid dienone is 1. The molecule has 2 fully saturated rings. The molecule has 0 aliphatic carbocycles. The Morgan fingerprint density at radius 3 is 1.71 bits per heavy atom. The van der Waals surface area contributed by atoms with E-state index in [9.17, 15) is 46.8 Å². The number of oxime groups is 3. The topological polar surface area (TPSA) is 501 Å². The van der Waals surface area contributed by atoms with Gasteiger partial charge in [0.25, 0.3) is 10.1 Å². The fraction of sp³-hybridized carbons (Fsp3) is 0.369. The van der Waals surface area contributed by atoms with E-state index >= 15 is 0 Å². The van der Waals surface area contributed by atoms with Crippen molar-refractivity contribution in [3.8, 4) is 23.3 Å². The number of aromatic amines is 2. The molecule has 16 rings (SSSR count). The number of hydrogen-bond acceptors (Lipinski definition) is 39. The van der Waals surface area contributed by atoms with Crippen molar-refractivity contribution in [1.29, 1.82) is 0 Å². The van der Waals surface area contributed by atoms with E-state index in [0.717, 1.165) is 94.6 Å². The number of methoxy groups -OCH3 is 3. The minimum Gasteiger partial charge on any atom is -0.490 e. The summed E-state index contributed by atoms with van der Waals surface area (Å²) in [7, 11) is 0.327. The molecule has 43 heteroatoms. The molecule has 0 amide bonds. The van der Waals surface area contributed by atoms with Crippen molar-refractivity contribution in [3.63, 3.8) is 0 Å². The van der Waals surface area contributed by atoms with Gasteiger partial charge in [0.2, 0.25) is 28.7 Å². The zero-order valence-corrected chi connectivity index (χ0v) is 72.8. The average molecular weight is 1840 g/mol. The molecule has 2 saturated heterocycles. The molecule has 0 spiro atoms. The fourth-order valence-corrected chi connectivity index (χ4v) is 13.2. The fourth-order valence-electron chi connectivity index (χ4n) is 12.7. The number of fused-ring (bicyclic) bond motifs is 9. The zero-order chi connectivity index (χ0) is 90.7. The van der Waals surface area contributed by atoms with Crippen molar-refractivity contribution in [2.75, 3.05) is 145 Å². The normalized spacial score (nSPS) is 18.6. The van der Waals surface area contributed by atoms with Gasteiger partial charge >= 0.3 is 23.9 Å². The van der Waals surface area contributed by atoms with Crippen molar-refractivity contribution >= 4 is 91.8 Å². The molecule has 41 nitrogen and oxygen atoms in total. The Morgan fingerprint density at radius 1 is 0.591 bits per heavy atom. The van der Waals surface area contributed by atoms with Gasteiger partial charge in [-0.05, 0) is 38.0 Å². The number of carbonyl (C=O) groups excluding carboxylic acids is 6. The summed E-state index contributed by atoms with van der Waals surface area (Å²) >= 11 is 3.11. The molecular formula is C84H96BrN19O22S. The van der Waals surface area contributed by atoms with E-state index in [-0.39, 0.29) is 71.2 Å². The lowest BCUT2D eigenvalue weighted by atomic mass is 9.91. The molecule has 14 heterocycles. The van der Waals surface area contributed by atoms with Crippen molar-refractivity contribution in [2.45, 2.75) is 39.1 Å². The minimum atomic E-state index is -3.51. The maximum Gasteiger partial charge on any atom is 0.351 e. The monoisotopic (exact) mass is 1830 g/mol. The molecule has 0 bridgehead atoms. The Labute approximate surface area is 738 Å². The number of ether oxygens (including phenoxy) is 8. The van der Waals surface area contributed by atoms with Gasteiger partial charge in [-0.25, -0.2) is 39.1 Å². The number of nitrogens with zero attached hydrogens (tertiary/aromatic N) is 16. The Kier molecular flexibility index (Phi) is 39.6. The summed E-state index contributed by atoms with van der Waals surface area (Å²) in [6.07, 6.45) is 27.9. The Hall–Kier alpha value is -13.5. The molecule has 0 saturated carbocycles. The maximum atomic E-state index is 11.7. The molecule has 672 valence electrons. The molecule has 0 radical (unpaired) electrons. The molecular weight excluding hydrogens is 1740 g/mol. The molecule has 127 heavy (non-hydrogen) atoms. The number of esters is 4. The van der Waals surface area contributed by atoms with Crippen LogP contribution in [0, 0.1) is 17.8 Å². The van der Waals surface area contributed by atoms with Crippen LogP contribution in [-0.4, -0.2) is 300 Å². The summed E-state index contributed by atoms with van der Waals surface area (Å²) in [5.74, 6) is -0.267. The number of benzene rings is 2. The predicted molar refractivity (Wildman–Crippen MR) is 463 cm³/mol. The van der Waals surface area contributed by atoms with Crippen molar-refractivity contribution in [2.24, 2.45) is 33.2 Å². The van der Waals surface area contributed by atoms with Gasteiger partial charge in [-0.2, -0.15) is 39.0 Å². The van der Waals surface area contributed by atoms with Gasteiger partial charge in [-0.1, -0.05) is 121 Å². The highest BCUT2D eigenvalue weighted by molar-refractivity contribution is 9.09. The first-order valence-electron chi connectivity index (χ1n) is 39.5. The number of aromatic nitrogens is 12. The third-order valence-corrected chi connectivity index (χ3v) is 19.8. The van der Waals surface area contributed by atoms with Gasteiger partial charge in [-0.3, -0.25) is 48.3 Å². The molecule has 6 aromatic heterocycles. The summed E-state index contributed by atoms with van der Waals surface area (Å²) in [4.78, 5) is 125. The van der Waals surface area contributed by atoms with Crippen LogP contribution in [0.5, 0.6) is 23.3 Å². The first-order valence-corrected chi connectivity index (χ1v) is 42.5. The van der Waals surface area contributed by atoms with Crippen molar-refractivity contribution < 1.29 is 93.8 Å². The van der Waals surface area contributed by atoms with E-state index < -0.39 is 45.7 Å². The SMILES string of the molecule is C/C(=C\c1ccccc1)CN1CCN(CC2ON=C3c4cnncc4OCC32)CC1.C/C(=C\c1ccccc1)CN1CCNCC1.CCOC(=O)C1ON=C2c3cnncc3OCC21.COC(=O)/C=C/CBr.COC(=O)/C=C/COc1nccnc1C=O.COC(=O)c1c[nH]ncc1=O.CS(=O)(=O)OCC1ON=C2c3nccnc3OCC21.O=Cc1c[nH]ncc1=O. The highest BCUT2D eigenvalue weighted by Gasteiger charge is 2.46. The van der Waals surface area contributed by atoms with Crippen LogP contribution < -0.4 is 35.1 Å². The molecule has 3 N–H and O–H groups in total. The number of aldehydes is 2. The standard InChI is InChI=1S/C23H27N5O2.C14H20N2.C11H11N3O4.C10H11N3O5S.C10H10N2O4.C6H6N2O3.C5H7BrO2.C5H4N2O2/c1-17(11-18-5-3-2-4-6-18)14-27-7-9-28(10-8-27)15-22-20-16-29-21-13-25-24-12-19(21)23(20)26-30-22;1-13(11-14-5-3-2-4-6-14)12-16-9-7-15-8-10-16;1-2-16-11(15)10-7-5-17-8-4-13-12-3-6(8)9(7)14-18-10;1-19(14,15)17-5-7-6-4-16-10-9(8(6)13-18-7)11-2-3-12-10;1-15-9(14)3-2-6-16-10-8(7-13)11-4-5-12-10;1-11-6(10)4-2-7-8-3-5(4)9;1-8-5(7)3-2-4-6;8-3-4-1-6-7-2-5(4)9/h2-6,11-13,20,22H,7-10,14-16H2,1H3;2-6,11,15H,7-10,12H2,1H3;3-4,7,10H,2,5H2,1H3;2-3,6-7H,4-5H2,1H3;2-5,7H,6H2,1H3;2-3H,1H3,(H,7,9);2-3H,4H2,1H3;1-3H,(H,6,9)/b17-11+;13-11+;;;3-2+;;3-2+;. The second kappa shape index (κ2) is 51.7. The summed E-state index contributed by atoms with van der Waals surface area (Å²) in [6.45, 7) is 19.5. The van der Waals surface area contributed by atoms with Crippen LogP contribution in [-0.2, 0) is 62.1 Å². The van der Waals surface area contributed by atoms with E-state index in [2.05, 4.69) is 213 Å². The second-order valence-electron chi connectivity index (χ2n) is 27.8. The van der Waals surface area contributed by atoms with E-state index in [1.54, 1.807) is 31.6 Å². The first kappa shape index (κ1) is 97.3. The Morgan fingerprint density at radius 2 is 1.13 bits per heavy atom. The number of H-pyrrole nitrogens is 2. The predicted octanol–water partition coefficient (Wildman–Crippen LogP) is 4.67. The third kappa shape index (κ3) is 31.0. The molecule has 6 atom stereocenters. The van der Waals surface area contributed by atoms with Crippen LogP contribution >= 0.6 is 15.9 Å². The number of hydrogen-bond donors (Lipinski definition) is 3. The summed E-state index contributed by atoms with van der Waals surface area (Å²) in [6, 6.07) is 21.1. The number of rotatable bonds is 22. The average Bonchev–Trinajstić information content (AvgIpc) is 1.68. The third-order valence-electron chi connectivity index (χ3n) is 18.8. The van der Waals surface area contributed by atoms with Gasteiger partial charge in [0.1, 0.15) is 67.2 Å². The van der Waals surface area contributed by atoms with E-state index in [0.29, 0.717) is 78.6 Å². The lowest BCUT2D eigenvalue weighted by Crippen LogP contribution is -2.50. The van der Waals surface area contributed by atoms with E-state index in [4.69, 9.17) is 42.4 Å². The van der Waals surface area contributed by atoms with E-state index in [1.807, 2.05) is 0 Å². The minimum absolute atomic E-state index is 0.0348. The van der Waals surface area contributed by atoms with E-state index in [1.165, 1.54) is 118 Å². The van der Waals surface area contributed by atoms with Gasteiger partial charge in [0.15, 0.2) is 36.2 Å². The maximum absolute atomic E-state index is 11.7. The number of piperazine rings is 2. The summed E-state index contributed by atoms with van der Waals surface area (Å²) in [5, 5.41) is 43.2. The smallest absolute Gasteiger partial charge is 0.351 e. The van der Waals surface area contributed by atoms with Crippen LogP contribution in [0.3, 0.4) is 0 Å². The molecule has 2 aromatic carbocycles. The van der Waals surface area contributed by atoms with Crippen molar-refractivity contribution in [1.82, 2.24) is 80.7 Å². The van der Waals surface area contributed by atoms with Crippen molar-refractivity contribution in [3.05, 3.63) is 236 Å². The van der Waals surface area contributed by atoms with Gasteiger partial charge in [-0.15, -0.1) is 0 Å².